The van der Waals surface area contributed by atoms with Gasteiger partial charge >= 0.3 is 5.69 Å². The van der Waals surface area contributed by atoms with Crippen molar-refractivity contribution in [3.63, 3.8) is 0 Å². The molecule has 3 rings (SSSR count). The Morgan fingerprint density at radius 2 is 1.85 bits per heavy atom. The fraction of sp³-hybridized carbons (Fsp3) is 0.450. The van der Waals surface area contributed by atoms with Crippen LogP contribution < -0.4 is 16.6 Å². The normalized spacial score (nSPS) is 16.0. The molecule has 1 amide bonds. The van der Waals surface area contributed by atoms with Crippen molar-refractivity contribution >= 4 is 5.91 Å². The van der Waals surface area contributed by atoms with Gasteiger partial charge in [-0.05, 0) is 31.7 Å². The first-order valence-electron chi connectivity index (χ1n) is 9.22. The van der Waals surface area contributed by atoms with Crippen LogP contribution in [0.5, 0.6) is 0 Å². The quantitative estimate of drug-likeness (QED) is 0.709. The van der Waals surface area contributed by atoms with Crippen LogP contribution in [0.3, 0.4) is 0 Å². The van der Waals surface area contributed by atoms with E-state index in [4.69, 9.17) is 4.74 Å². The third-order valence-electron chi connectivity index (χ3n) is 5.32. The minimum absolute atomic E-state index is 0.109. The van der Waals surface area contributed by atoms with Crippen LogP contribution in [0.4, 0.5) is 0 Å². The molecule has 1 aromatic carbocycles. The average molecular weight is 371 g/mol. The molecule has 0 spiro atoms. The van der Waals surface area contributed by atoms with E-state index in [0.29, 0.717) is 31.0 Å². The summed E-state index contributed by atoms with van der Waals surface area (Å²) in [6.45, 7) is 3.56. The molecule has 0 aliphatic carbocycles. The monoisotopic (exact) mass is 371 g/mol. The number of carbonyl (C=O) groups is 1. The molecule has 0 radical (unpaired) electrons. The van der Waals surface area contributed by atoms with E-state index in [2.05, 4.69) is 27.4 Å². The lowest BCUT2D eigenvalue weighted by atomic mass is 9.74. The Labute approximate surface area is 157 Å². The zero-order valence-corrected chi connectivity index (χ0v) is 15.5. The maximum Gasteiger partial charge on any atom is 0.325 e. The zero-order valence-electron chi connectivity index (χ0n) is 15.5. The standard InChI is InChI=1S/C20H25N3O4/c1-14-16(18(25)23-19(26)22-14)7-8-17(24)21-13-20(9-11-27-12-10-20)15-5-3-2-4-6-15/h2-6H,7-13H2,1H3,(H,21,24)(H2,22,23,25,26). The topological polar surface area (TPSA) is 104 Å². The van der Waals surface area contributed by atoms with Gasteiger partial charge in [-0.2, -0.15) is 0 Å². The summed E-state index contributed by atoms with van der Waals surface area (Å²) in [7, 11) is 0. The van der Waals surface area contributed by atoms with Crippen LogP contribution >= 0.6 is 0 Å². The van der Waals surface area contributed by atoms with E-state index in [9.17, 15) is 14.4 Å². The van der Waals surface area contributed by atoms with Crippen molar-refractivity contribution in [3.05, 3.63) is 68.0 Å². The second-order valence-electron chi connectivity index (χ2n) is 7.05. The van der Waals surface area contributed by atoms with Gasteiger partial charge in [0.15, 0.2) is 0 Å². The van der Waals surface area contributed by atoms with E-state index in [1.54, 1.807) is 6.92 Å². The minimum atomic E-state index is -0.532. The van der Waals surface area contributed by atoms with Crippen molar-refractivity contribution in [2.75, 3.05) is 19.8 Å². The molecule has 0 saturated carbocycles. The largest absolute Gasteiger partial charge is 0.381 e. The molecular weight excluding hydrogens is 346 g/mol. The lowest BCUT2D eigenvalue weighted by molar-refractivity contribution is -0.121. The van der Waals surface area contributed by atoms with Gasteiger partial charge in [0.25, 0.3) is 5.56 Å². The lowest BCUT2D eigenvalue weighted by Gasteiger charge is -2.38. The fourth-order valence-corrected chi connectivity index (χ4v) is 3.64. The molecule has 0 atom stereocenters. The van der Waals surface area contributed by atoms with Crippen LogP contribution in [-0.4, -0.2) is 35.6 Å². The highest BCUT2D eigenvalue weighted by Crippen LogP contribution is 2.34. The first kappa shape index (κ1) is 19.1. The number of aryl methyl sites for hydroxylation is 1. The number of hydrogen-bond acceptors (Lipinski definition) is 4. The lowest BCUT2D eigenvalue weighted by Crippen LogP contribution is -2.44. The molecule has 144 valence electrons. The molecule has 2 heterocycles. The summed E-state index contributed by atoms with van der Waals surface area (Å²) in [6, 6.07) is 10.2. The molecule has 2 aromatic rings. The number of aromatic amines is 2. The number of nitrogens with one attached hydrogen (secondary N) is 3. The predicted octanol–water partition coefficient (Wildman–Crippen LogP) is 1.17. The van der Waals surface area contributed by atoms with Crippen LogP contribution in [0.1, 0.15) is 36.1 Å². The van der Waals surface area contributed by atoms with Gasteiger partial charge in [0.1, 0.15) is 0 Å². The summed E-state index contributed by atoms with van der Waals surface area (Å²) < 4.78 is 5.51. The maximum atomic E-state index is 12.4. The summed E-state index contributed by atoms with van der Waals surface area (Å²) in [5, 5.41) is 3.03. The molecule has 1 saturated heterocycles. The Morgan fingerprint density at radius 1 is 1.15 bits per heavy atom. The Hall–Kier alpha value is -2.67. The Morgan fingerprint density at radius 3 is 2.52 bits per heavy atom. The van der Waals surface area contributed by atoms with Crippen molar-refractivity contribution in [1.82, 2.24) is 15.3 Å². The molecular formula is C20H25N3O4. The van der Waals surface area contributed by atoms with Gasteiger partial charge in [0.2, 0.25) is 5.91 Å². The molecule has 1 aliphatic heterocycles. The molecule has 3 N–H and O–H groups in total. The van der Waals surface area contributed by atoms with Crippen molar-refractivity contribution < 1.29 is 9.53 Å². The van der Waals surface area contributed by atoms with E-state index < -0.39 is 11.2 Å². The molecule has 7 nitrogen and oxygen atoms in total. The molecule has 1 fully saturated rings. The number of aromatic nitrogens is 2. The maximum absolute atomic E-state index is 12.4. The number of carbonyl (C=O) groups excluding carboxylic acids is 1. The Balaban J connectivity index is 1.64. The second kappa shape index (κ2) is 8.35. The third kappa shape index (κ3) is 4.54. The van der Waals surface area contributed by atoms with Crippen LogP contribution in [0, 0.1) is 6.92 Å². The summed E-state index contributed by atoms with van der Waals surface area (Å²) in [6.07, 6.45) is 2.19. The average Bonchev–Trinajstić information content (AvgIpc) is 2.67. The highest BCUT2D eigenvalue weighted by molar-refractivity contribution is 5.76. The van der Waals surface area contributed by atoms with Crippen LogP contribution in [0.25, 0.3) is 0 Å². The number of hydrogen-bond donors (Lipinski definition) is 3. The summed E-state index contributed by atoms with van der Waals surface area (Å²) in [5.74, 6) is -0.109. The summed E-state index contributed by atoms with van der Waals surface area (Å²) in [5.41, 5.74) is 1.06. The smallest absolute Gasteiger partial charge is 0.325 e. The predicted molar refractivity (Wildman–Crippen MR) is 102 cm³/mol. The first-order chi connectivity index (χ1) is 13.0. The van der Waals surface area contributed by atoms with Gasteiger partial charge in [0, 0.05) is 42.9 Å². The van der Waals surface area contributed by atoms with Crippen molar-refractivity contribution in [3.8, 4) is 0 Å². The zero-order chi connectivity index (χ0) is 19.3. The van der Waals surface area contributed by atoms with Gasteiger partial charge < -0.3 is 15.0 Å². The highest BCUT2D eigenvalue weighted by Gasteiger charge is 2.34. The Bertz CT molecular complexity index is 895. The van der Waals surface area contributed by atoms with E-state index >= 15 is 0 Å². The van der Waals surface area contributed by atoms with E-state index in [1.807, 2.05) is 18.2 Å². The second-order valence-corrected chi connectivity index (χ2v) is 7.05. The van der Waals surface area contributed by atoms with Gasteiger partial charge in [-0.1, -0.05) is 30.3 Å². The molecule has 0 bridgehead atoms. The van der Waals surface area contributed by atoms with Gasteiger partial charge in [-0.25, -0.2) is 4.79 Å². The highest BCUT2D eigenvalue weighted by atomic mass is 16.5. The third-order valence-corrected chi connectivity index (χ3v) is 5.32. The number of H-pyrrole nitrogens is 2. The molecule has 1 aromatic heterocycles. The molecule has 1 aliphatic rings. The molecule has 0 unspecified atom stereocenters. The van der Waals surface area contributed by atoms with Gasteiger partial charge in [0.05, 0.1) is 0 Å². The minimum Gasteiger partial charge on any atom is -0.381 e. The van der Waals surface area contributed by atoms with Gasteiger partial charge in [-0.15, -0.1) is 0 Å². The summed E-state index contributed by atoms with van der Waals surface area (Å²) >= 11 is 0. The Kier molecular flexibility index (Phi) is 5.91. The van der Waals surface area contributed by atoms with Crippen LogP contribution in [0.2, 0.25) is 0 Å². The SMILES string of the molecule is Cc1[nH]c(=O)[nH]c(=O)c1CCC(=O)NCC1(c2ccccc2)CCOCC1. The van der Waals surface area contributed by atoms with E-state index in [1.165, 1.54) is 5.56 Å². The van der Waals surface area contributed by atoms with E-state index in [0.717, 1.165) is 12.8 Å². The van der Waals surface area contributed by atoms with Crippen LogP contribution in [0.15, 0.2) is 39.9 Å². The number of benzene rings is 1. The first-order valence-corrected chi connectivity index (χ1v) is 9.22. The molecule has 7 heteroatoms. The van der Waals surface area contributed by atoms with Crippen molar-refractivity contribution in [1.29, 1.82) is 0 Å². The number of ether oxygens (including phenoxy) is 1. The summed E-state index contributed by atoms with van der Waals surface area (Å²) in [4.78, 5) is 40.3. The molecule has 27 heavy (non-hydrogen) atoms. The number of rotatable bonds is 6. The fourth-order valence-electron chi connectivity index (χ4n) is 3.64. The number of amides is 1. The van der Waals surface area contributed by atoms with E-state index in [-0.39, 0.29) is 24.2 Å². The van der Waals surface area contributed by atoms with Crippen molar-refractivity contribution in [2.24, 2.45) is 0 Å². The van der Waals surface area contributed by atoms with Crippen LogP contribution in [-0.2, 0) is 21.4 Å². The van der Waals surface area contributed by atoms with Crippen molar-refractivity contribution in [2.45, 2.75) is 38.0 Å². The van der Waals surface area contributed by atoms with Gasteiger partial charge in [-0.3, -0.25) is 14.6 Å².